The second-order valence-corrected chi connectivity index (χ2v) is 9.58. The van der Waals surface area contributed by atoms with Gasteiger partial charge in [0.15, 0.2) is 0 Å². The number of benzene rings is 1. The second kappa shape index (κ2) is 10.4. The normalized spacial score (nSPS) is 29.2. The van der Waals surface area contributed by atoms with Crippen molar-refractivity contribution in [2.24, 2.45) is 11.8 Å². The van der Waals surface area contributed by atoms with Crippen LogP contribution < -0.4 is 10.6 Å². The van der Waals surface area contributed by atoms with Crippen LogP contribution in [0, 0.1) is 11.8 Å². The third-order valence-electron chi connectivity index (χ3n) is 7.23. The molecular weight excluding hydrogens is 441 g/mol. The van der Waals surface area contributed by atoms with Gasteiger partial charge in [-0.15, -0.1) is 6.58 Å². The van der Waals surface area contributed by atoms with Gasteiger partial charge in [-0.05, 0) is 68.3 Å². The lowest BCUT2D eigenvalue weighted by atomic mass is 9.73. The lowest BCUT2D eigenvalue weighted by molar-refractivity contribution is -0.124. The minimum Gasteiger partial charge on any atom is -0.346 e. The molecule has 6 rings (SSSR count). The maximum Gasteiger partial charge on any atom is 0.386 e. The summed E-state index contributed by atoms with van der Waals surface area (Å²) in [6.45, 7) is 7.34. The topological polar surface area (TPSA) is 57.3 Å². The number of amides is 1. The largest absolute Gasteiger partial charge is 0.386 e. The zero-order valence-corrected chi connectivity index (χ0v) is 19.5. The SMILES string of the molecule is C=CC1CN2CCC1CC2C(NC(=O)C1CCCN1)c1ccnc2ccccc12.CC(F)(F)F. The Morgan fingerprint density at radius 3 is 2.71 bits per heavy atom. The Balaban J connectivity index is 0.000000499. The number of halogens is 3. The van der Waals surface area contributed by atoms with E-state index in [1.807, 2.05) is 12.3 Å². The van der Waals surface area contributed by atoms with E-state index in [1.54, 1.807) is 0 Å². The van der Waals surface area contributed by atoms with Crippen LogP contribution in [0.3, 0.4) is 0 Å². The van der Waals surface area contributed by atoms with Crippen molar-refractivity contribution in [3.8, 4) is 0 Å². The van der Waals surface area contributed by atoms with Gasteiger partial charge in [-0.1, -0.05) is 24.3 Å². The average Bonchev–Trinajstić information content (AvgIpc) is 3.36. The van der Waals surface area contributed by atoms with E-state index in [0.717, 1.165) is 49.8 Å². The van der Waals surface area contributed by atoms with Crippen LogP contribution in [-0.2, 0) is 4.79 Å². The fourth-order valence-corrected chi connectivity index (χ4v) is 5.66. The van der Waals surface area contributed by atoms with E-state index in [4.69, 9.17) is 0 Å². The highest BCUT2D eigenvalue weighted by Crippen LogP contribution is 2.42. The second-order valence-electron chi connectivity index (χ2n) is 9.58. The Morgan fingerprint density at radius 2 is 2.06 bits per heavy atom. The quantitative estimate of drug-likeness (QED) is 0.622. The third-order valence-corrected chi connectivity index (χ3v) is 7.23. The summed E-state index contributed by atoms with van der Waals surface area (Å²) in [5.41, 5.74) is 2.18. The van der Waals surface area contributed by atoms with Crippen LogP contribution in [0.4, 0.5) is 13.2 Å². The molecule has 8 heteroatoms. The molecule has 2 aromatic rings. The molecule has 6 unspecified atom stereocenters. The molecule has 2 bridgehead atoms. The van der Waals surface area contributed by atoms with E-state index in [2.05, 4.69) is 57.4 Å². The predicted molar refractivity (Wildman–Crippen MR) is 127 cm³/mol. The van der Waals surface area contributed by atoms with E-state index in [-0.39, 0.29) is 24.9 Å². The van der Waals surface area contributed by atoms with Crippen LogP contribution in [0.25, 0.3) is 10.9 Å². The summed E-state index contributed by atoms with van der Waals surface area (Å²) < 4.78 is 31.1. The van der Waals surface area contributed by atoms with Crippen molar-refractivity contribution in [2.45, 2.75) is 56.9 Å². The summed E-state index contributed by atoms with van der Waals surface area (Å²) in [5, 5.41) is 7.95. The van der Waals surface area contributed by atoms with Crippen molar-refractivity contribution < 1.29 is 18.0 Å². The number of hydrogen-bond donors (Lipinski definition) is 2. The van der Waals surface area contributed by atoms with E-state index >= 15 is 0 Å². The van der Waals surface area contributed by atoms with Crippen LogP contribution in [-0.4, -0.2) is 53.7 Å². The molecule has 1 amide bonds. The molecule has 4 saturated heterocycles. The summed E-state index contributed by atoms with van der Waals surface area (Å²) in [6, 6.07) is 10.6. The molecule has 2 N–H and O–H groups in total. The van der Waals surface area contributed by atoms with Crippen molar-refractivity contribution in [1.29, 1.82) is 0 Å². The van der Waals surface area contributed by atoms with Gasteiger partial charge in [0.05, 0.1) is 17.6 Å². The fraction of sp³-hybridized carbons (Fsp3) is 0.538. The third kappa shape index (κ3) is 5.78. The average molecular weight is 475 g/mol. The van der Waals surface area contributed by atoms with Gasteiger partial charge < -0.3 is 10.6 Å². The maximum absolute atomic E-state index is 13.1. The lowest BCUT2D eigenvalue weighted by Gasteiger charge is -2.51. The van der Waals surface area contributed by atoms with Gasteiger partial charge in [0.2, 0.25) is 5.91 Å². The predicted octanol–water partition coefficient (Wildman–Crippen LogP) is 4.61. The highest BCUT2D eigenvalue weighted by atomic mass is 19.4. The number of nitrogens with one attached hydrogen (secondary N) is 2. The first-order valence-electron chi connectivity index (χ1n) is 12.1. The van der Waals surface area contributed by atoms with Gasteiger partial charge in [0, 0.05) is 31.1 Å². The molecule has 34 heavy (non-hydrogen) atoms. The first-order valence-corrected chi connectivity index (χ1v) is 12.1. The number of rotatable bonds is 5. The summed E-state index contributed by atoms with van der Waals surface area (Å²) in [5.74, 6) is 1.37. The van der Waals surface area contributed by atoms with E-state index in [9.17, 15) is 18.0 Å². The van der Waals surface area contributed by atoms with E-state index in [1.165, 1.54) is 12.0 Å². The van der Waals surface area contributed by atoms with Crippen molar-refractivity contribution in [3.63, 3.8) is 0 Å². The number of hydrogen-bond acceptors (Lipinski definition) is 4. The van der Waals surface area contributed by atoms with Crippen LogP contribution in [0.5, 0.6) is 0 Å². The zero-order valence-electron chi connectivity index (χ0n) is 19.5. The molecule has 6 atom stereocenters. The standard InChI is InChI=1S/C24H30N4O.C2H3F3/c1-2-16-15-28-13-10-17(16)14-22(28)23(27-24(29)21-8-5-11-25-21)19-9-12-26-20-7-4-3-6-18(19)20;1-2(3,4)5/h2-4,6-7,9,12,16-17,21-23,25H,1,5,8,10-11,13-15H2,(H,27,29);1H3. The molecule has 0 saturated carbocycles. The molecule has 5 heterocycles. The van der Waals surface area contributed by atoms with Gasteiger partial charge in [-0.3, -0.25) is 14.7 Å². The molecule has 0 spiro atoms. The first kappa shape index (κ1) is 24.7. The Labute approximate surface area is 198 Å². The van der Waals surface area contributed by atoms with Crippen LogP contribution in [0.2, 0.25) is 0 Å². The van der Waals surface area contributed by atoms with Gasteiger partial charge in [-0.2, -0.15) is 13.2 Å². The van der Waals surface area contributed by atoms with Gasteiger partial charge in [0.1, 0.15) is 0 Å². The number of aromatic nitrogens is 1. The molecular formula is C26H33F3N4O. The van der Waals surface area contributed by atoms with Crippen molar-refractivity contribution in [2.75, 3.05) is 19.6 Å². The van der Waals surface area contributed by atoms with E-state index < -0.39 is 6.18 Å². The van der Waals surface area contributed by atoms with Crippen LogP contribution >= 0.6 is 0 Å². The van der Waals surface area contributed by atoms with E-state index in [0.29, 0.717) is 17.9 Å². The molecule has 4 fully saturated rings. The molecule has 184 valence electrons. The van der Waals surface area contributed by atoms with Gasteiger partial charge >= 0.3 is 6.18 Å². The fourth-order valence-electron chi connectivity index (χ4n) is 5.66. The Kier molecular flexibility index (Phi) is 7.57. The number of carbonyl (C=O) groups excluding carboxylic acids is 1. The van der Waals surface area contributed by atoms with Crippen LogP contribution in [0.1, 0.15) is 44.2 Å². The number of pyridine rings is 1. The molecule has 4 aliphatic rings. The molecule has 1 aromatic carbocycles. The number of piperidine rings is 3. The van der Waals surface area contributed by atoms with Gasteiger partial charge in [-0.25, -0.2) is 0 Å². The number of nitrogens with zero attached hydrogens (tertiary/aromatic N) is 2. The van der Waals surface area contributed by atoms with Crippen molar-refractivity contribution >= 4 is 16.8 Å². The van der Waals surface area contributed by atoms with Crippen molar-refractivity contribution in [3.05, 3.63) is 54.7 Å². The first-order chi connectivity index (χ1) is 16.2. The highest BCUT2D eigenvalue weighted by molar-refractivity contribution is 5.85. The van der Waals surface area contributed by atoms with Gasteiger partial charge in [0.25, 0.3) is 0 Å². The Morgan fingerprint density at radius 1 is 1.29 bits per heavy atom. The summed E-state index contributed by atoms with van der Waals surface area (Å²) in [4.78, 5) is 20.2. The molecule has 4 aliphatic heterocycles. The Hall–Kier alpha value is -2.45. The number of carbonyl (C=O) groups is 1. The molecule has 0 aliphatic carbocycles. The number of fused-ring (bicyclic) bond motifs is 4. The number of para-hydroxylation sites is 1. The monoisotopic (exact) mass is 474 g/mol. The zero-order chi connectivity index (χ0) is 24.3. The molecule has 5 nitrogen and oxygen atoms in total. The smallest absolute Gasteiger partial charge is 0.346 e. The maximum atomic E-state index is 13.1. The molecule has 0 radical (unpaired) electrons. The summed E-state index contributed by atoms with van der Waals surface area (Å²) in [6.07, 6.45) is 4.34. The number of alkyl halides is 3. The Bertz CT molecular complexity index is 994. The lowest BCUT2D eigenvalue weighted by Crippen LogP contribution is -2.58. The summed E-state index contributed by atoms with van der Waals surface area (Å²) in [7, 11) is 0. The summed E-state index contributed by atoms with van der Waals surface area (Å²) >= 11 is 0. The minimum atomic E-state index is -4.00. The molecule has 1 aromatic heterocycles. The van der Waals surface area contributed by atoms with Crippen molar-refractivity contribution in [1.82, 2.24) is 20.5 Å². The highest BCUT2D eigenvalue weighted by Gasteiger charge is 2.43. The minimum absolute atomic E-state index is 0.0219. The van der Waals surface area contributed by atoms with Crippen LogP contribution in [0.15, 0.2) is 49.2 Å².